The molecule has 8 heteroatoms. The summed E-state index contributed by atoms with van der Waals surface area (Å²) < 4.78 is 44.9. The first kappa shape index (κ1) is 16.5. The van der Waals surface area contributed by atoms with Crippen molar-refractivity contribution < 1.29 is 22.7 Å². The van der Waals surface area contributed by atoms with Crippen LogP contribution >= 0.6 is 0 Å². The normalized spacial score (nSPS) is 16.1. The molecule has 1 amide bonds. The Labute approximate surface area is 136 Å². The molecule has 0 saturated carbocycles. The number of alkyl halides is 3. The summed E-state index contributed by atoms with van der Waals surface area (Å²) in [7, 11) is 0. The molecule has 0 radical (unpaired) electrons. The standard InChI is InChI=1S/C16H16F3N3O2/c17-16(18,19)13-12(10-4-2-1-3-5-10)14(22-21-13)20-15(23)11-6-8-24-9-7-11/h1-5,11H,6-9H2,(H2,20,21,22,23). The van der Waals surface area contributed by atoms with E-state index in [1.54, 1.807) is 30.3 Å². The van der Waals surface area contributed by atoms with Crippen LogP contribution in [-0.2, 0) is 15.7 Å². The summed E-state index contributed by atoms with van der Waals surface area (Å²) in [6.07, 6.45) is -3.51. The first-order valence-corrected chi connectivity index (χ1v) is 7.56. The Kier molecular flexibility index (Phi) is 4.57. The quantitative estimate of drug-likeness (QED) is 0.900. The summed E-state index contributed by atoms with van der Waals surface area (Å²) >= 11 is 0. The second-order valence-electron chi connectivity index (χ2n) is 5.56. The van der Waals surface area contributed by atoms with Crippen LogP contribution in [0.3, 0.4) is 0 Å². The van der Waals surface area contributed by atoms with E-state index in [0.717, 1.165) is 0 Å². The van der Waals surface area contributed by atoms with Crippen LogP contribution in [0.4, 0.5) is 19.0 Å². The zero-order valence-corrected chi connectivity index (χ0v) is 12.7. The number of H-pyrrole nitrogens is 1. The summed E-state index contributed by atoms with van der Waals surface area (Å²) in [4.78, 5) is 12.3. The number of hydrogen-bond acceptors (Lipinski definition) is 3. The second kappa shape index (κ2) is 6.64. The number of ether oxygens (including phenoxy) is 1. The van der Waals surface area contributed by atoms with Gasteiger partial charge in [0, 0.05) is 19.1 Å². The number of carbonyl (C=O) groups is 1. The number of hydrogen-bond donors (Lipinski definition) is 2. The number of nitrogens with zero attached hydrogens (tertiary/aromatic N) is 1. The molecule has 1 aromatic heterocycles. The van der Waals surface area contributed by atoms with Gasteiger partial charge in [0.25, 0.3) is 0 Å². The molecule has 1 aliphatic heterocycles. The van der Waals surface area contributed by atoms with Gasteiger partial charge in [-0.05, 0) is 18.4 Å². The average molecular weight is 339 g/mol. The topological polar surface area (TPSA) is 67.0 Å². The molecule has 128 valence electrons. The zero-order chi connectivity index (χ0) is 17.2. The molecule has 24 heavy (non-hydrogen) atoms. The fourth-order valence-corrected chi connectivity index (χ4v) is 2.70. The molecule has 0 aliphatic carbocycles. The Morgan fingerprint density at radius 2 is 1.88 bits per heavy atom. The Morgan fingerprint density at radius 1 is 1.21 bits per heavy atom. The number of aromatic amines is 1. The van der Waals surface area contributed by atoms with Crippen molar-refractivity contribution in [1.82, 2.24) is 10.2 Å². The van der Waals surface area contributed by atoms with Crippen LogP contribution in [0.15, 0.2) is 30.3 Å². The molecule has 2 aromatic rings. The van der Waals surface area contributed by atoms with Crippen LogP contribution in [0.2, 0.25) is 0 Å². The van der Waals surface area contributed by atoms with E-state index in [1.165, 1.54) is 0 Å². The Morgan fingerprint density at radius 3 is 2.50 bits per heavy atom. The molecular weight excluding hydrogens is 323 g/mol. The first-order valence-electron chi connectivity index (χ1n) is 7.56. The minimum Gasteiger partial charge on any atom is -0.381 e. The summed E-state index contributed by atoms with van der Waals surface area (Å²) in [6, 6.07) is 8.06. The summed E-state index contributed by atoms with van der Waals surface area (Å²) in [5.74, 6) is -0.728. The third kappa shape index (κ3) is 3.43. The highest BCUT2D eigenvalue weighted by Gasteiger charge is 2.38. The predicted molar refractivity (Wildman–Crippen MR) is 81.2 cm³/mol. The molecule has 0 bridgehead atoms. The minimum atomic E-state index is -4.60. The third-order valence-electron chi connectivity index (χ3n) is 3.95. The van der Waals surface area contributed by atoms with Crippen molar-refractivity contribution in [2.75, 3.05) is 18.5 Å². The number of halogens is 3. The van der Waals surface area contributed by atoms with Gasteiger partial charge in [-0.15, -0.1) is 0 Å². The highest BCUT2D eigenvalue weighted by atomic mass is 19.4. The van der Waals surface area contributed by atoms with Crippen LogP contribution < -0.4 is 5.32 Å². The lowest BCUT2D eigenvalue weighted by atomic mass is 9.99. The second-order valence-corrected chi connectivity index (χ2v) is 5.56. The van der Waals surface area contributed by atoms with Crippen LogP contribution in [-0.4, -0.2) is 29.3 Å². The molecule has 1 aromatic carbocycles. The first-order chi connectivity index (χ1) is 11.5. The Hall–Kier alpha value is -2.35. The summed E-state index contributed by atoms with van der Waals surface area (Å²) in [5, 5.41) is 8.23. The van der Waals surface area contributed by atoms with E-state index in [1.807, 2.05) is 5.10 Å². The molecule has 1 aliphatic rings. The monoisotopic (exact) mass is 339 g/mol. The molecule has 5 nitrogen and oxygen atoms in total. The van der Waals surface area contributed by atoms with Gasteiger partial charge in [-0.2, -0.15) is 18.3 Å². The molecule has 2 heterocycles. The van der Waals surface area contributed by atoms with Crippen LogP contribution in [0.5, 0.6) is 0 Å². The van der Waals surface area contributed by atoms with E-state index < -0.39 is 11.9 Å². The molecule has 1 saturated heterocycles. The van der Waals surface area contributed by atoms with E-state index in [9.17, 15) is 18.0 Å². The number of carbonyl (C=O) groups excluding carboxylic acids is 1. The Bertz CT molecular complexity index is 707. The Balaban J connectivity index is 1.93. The van der Waals surface area contributed by atoms with Gasteiger partial charge in [-0.25, -0.2) is 0 Å². The lowest BCUT2D eigenvalue weighted by Gasteiger charge is -2.21. The third-order valence-corrected chi connectivity index (χ3v) is 3.95. The van der Waals surface area contributed by atoms with Crippen molar-refractivity contribution in [1.29, 1.82) is 0 Å². The summed E-state index contributed by atoms with van der Waals surface area (Å²) in [5.41, 5.74) is -0.791. The number of rotatable bonds is 3. The van der Waals surface area contributed by atoms with Crippen LogP contribution in [0, 0.1) is 5.92 Å². The molecular formula is C16H16F3N3O2. The molecule has 3 rings (SSSR count). The number of amides is 1. The molecule has 2 N–H and O–H groups in total. The van der Waals surface area contributed by atoms with E-state index in [2.05, 4.69) is 10.4 Å². The summed E-state index contributed by atoms with van der Waals surface area (Å²) in [6.45, 7) is 0.940. The number of nitrogens with one attached hydrogen (secondary N) is 2. The van der Waals surface area contributed by atoms with E-state index >= 15 is 0 Å². The van der Waals surface area contributed by atoms with Crippen molar-refractivity contribution >= 4 is 11.7 Å². The fraction of sp³-hybridized carbons (Fsp3) is 0.375. The number of aromatic nitrogens is 2. The SMILES string of the molecule is O=C(Nc1n[nH]c(C(F)(F)F)c1-c1ccccc1)C1CCOCC1. The smallest absolute Gasteiger partial charge is 0.381 e. The van der Waals surface area contributed by atoms with Gasteiger partial charge in [-0.3, -0.25) is 9.89 Å². The van der Waals surface area contributed by atoms with E-state index in [-0.39, 0.29) is 23.2 Å². The van der Waals surface area contributed by atoms with E-state index in [4.69, 9.17) is 4.74 Å². The molecule has 0 atom stereocenters. The molecule has 0 unspecified atom stereocenters. The number of benzene rings is 1. The van der Waals surface area contributed by atoms with Crippen molar-refractivity contribution in [2.45, 2.75) is 19.0 Å². The lowest BCUT2D eigenvalue weighted by Crippen LogP contribution is -2.28. The van der Waals surface area contributed by atoms with Crippen LogP contribution in [0.25, 0.3) is 11.1 Å². The van der Waals surface area contributed by atoms with Crippen molar-refractivity contribution in [3.8, 4) is 11.1 Å². The highest BCUT2D eigenvalue weighted by Crippen LogP contribution is 2.39. The van der Waals surface area contributed by atoms with Gasteiger partial charge < -0.3 is 10.1 Å². The van der Waals surface area contributed by atoms with Crippen LogP contribution in [0.1, 0.15) is 18.5 Å². The van der Waals surface area contributed by atoms with Gasteiger partial charge in [0.2, 0.25) is 5.91 Å². The minimum absolute atomic E-state index is 0.106. The van der Waals surface area contributed by atoms with Gasteiger partial charge in [0.05, 0.1) is 5.56 Å². The van der Waals surface area contributed by atoms with E-state index in [0.29, 0.717) is 31.6 Å². The van der Waals surface area contributed by atoms with Crippen molar-refractivity contribution in [3.05, 3.63) is 36.0 Å². The highest BCUT2D eigenvalue weighted by molar-refractivity contribution is 5.96. The fourth-order valence-electron chi connectivity index (χ4n) is 2.70. The van der Waals surface area contributed by atoms with Crippen molar-refractivity contribution in [2.24, 2.45) is 5.92 Å². The average Bonchev–Trinajstić information content (AvgIpc) is 3.00. The van der Waals surface area contributed by atoms with Crippen molar-refractivity contribution in [3.63, 3.8) is 0 Å². The molecule has 1 fully saturated rings. The maximum atomic E-state index is 13.2. The number of anilines is 1. The zero-order valence-electron chi connectivity index (χ0n) is 12.7. The maximum absolute atomic E-state index is 13.2. The largest absolute Gasteiger partial charge is 0.433 e. The van der Waals surface area contributed by atoms with Gasteiger partial charge in [0.15, 0.2) is 5.82 Å². The van der Waals surface area contributed by atoms with Gasteiger partial charge in [-0.1, -0.05) is 30.3 Å². The predicted octanol–water partition coefficient (Wildman–Crippen LogP) is 3.46. The van der Waals surface area contributed by atoms with Gasteiger partial charge in [0.1, 0.15) is 5.69 Å². The maximum Gasteiger partial charge on any atom is 0.433 e. The molecule has 0 spiro atoms. The van der Waals surface area contributed by atoms with Gasteiger partial charge >= 0.3 is 6.18 Å². The lowest BCUT2D eigenvalue weighted by molar-refractivity contribution is -0.140.